The number of nitrogens with one attached hydrogen (secondary N) is 1. The molecule has 3 aliphatic rings. The van der Waals surface area contributed by atoms with E-state index in [1.165, 1.54) is 18.4 Å². The van der Waals surface area contributed by atoms with Crippen LogP contribution in [0.3, 0.4) is 0 Å². The minimum Gasteiger partial charge on any atom is -0.348 e. The van der Waals surface area contributed by atoms with Gasteiger partial charge in [-0.05, 0) is 57.5 Å². The van der Waals surface area contributed by atoms with Gasteiger partial charge in [0.15, 0.2) is 5.82 Å². The van der Waals surface area contributed by atoms with Gasteiger partial charge in [0.2, 0.25) is 5.82 Å². The van der Waals surface area contributed by atoms with Gasteiger partial charge >= 0.3 is 0 Å². The summed E-state index contributed by atoms with van der Waals surface area (Å²) >= 11 is 0. The second-order valence-corrected chi connectivity index (χ2v) is 9.39. The minimum absolute atomic E-state index is 0.100. The van der Waals surface area contributed by atoms with Gasteiger partial charge in [0, 0.05) is 58.2 Å². The monoisotopic (exact) mass is 438 g/mol. The first kappa shape index (κ1) is 21.5. The molecule has 5 heterocycles. The molecule has 32 heavy (non-hydrogen) atoms. The molecular weight excluding hydrogens is 404 g/mol. The average molecular weight is 439 g/mol. The molecule has 2 aromatic rings. The summed E-state index contributed by atoms with van der Waals surface area (Å²) in [5, 5.41) is 12.0. The summed E-state index contributed by atoms with van der Waals surface area (Å²) < 4.78 is 2.07. The van der Waals surface area contributed by atoms with Crippen LogP contribution in [0.25, 0.3) is 0 Å². The molecule has 0 atom stereocenters. The van der Waals surface area contributed by atoms with E-state index in [0.29, 0.717) is 12.4 Å². The molecule has 0 aromatic carbocycles. The van der Waals surface area contributed by atoms with Crippen molar-refractivity contribution >= 4 is 5.91 Å². The highest BCUT2D eigenvalue weighted by atomic mass is 16.2. The fourth-order valence-electron chi connectivity index (χ4n) is 5.51. The third-order valence-electron chi connectivity index (χ3n) is 7.48. The molecule has 5 rings (SSSR count). The van der Waals surface area contributed by atoms with Gasteiger partial charge in [-0.3, -0.25) is 19.6 Å². The van der Waals surface area contributed by atoms with E-state index in [9.17, 15) is 4.79 Å². The first-order chi connectivity index (χ1) is 15.7. The number of carbonyl (C=O) groups excluding carboxylic acids is 1. The van der Waals surface area contributed by atoms with Gasteiger partial charge in [-0.15, -0.1) is 10.2 Å². The van der Waals surface area contributed by atoms with Gasteiger partial charge in [-0.1, -0.05) is 6.07 Å². The Bertz CT molecular complexity index is 915. The molecule has 0 aliphatic carbocycles. The lowest BCUT2D eigenvalue weighted by atomic mass is 9.83. The van der Waals surface area contributed by atoms with E-state index in [-0.39, 0.29) is 11.4 Å². The number of amides is 1. The Morgan fingerprint density at radius 1 is 1.06 bits per heavy atom. The Morgan fingerprint density at radius 3 is 2.62 bits per heavy atom. The zero-order valence-electron chi connectivity index (χ0n) is 19.0. The summed E-state index contributed by atoms with van der Waals surface area (Å²) in [5.41, 5.74) is 1.10. The lowest BCUT2D eigenvalue weighted by molar-refractivity contribution is 0.00611. The molecule has 0 bridgehead atoms. The van der Waals surface area contributed by atoms with Crippen molar-refractivity contribution < 1.29 is 4.79 Å². The smallest absolute Gasteiger partial charge is 0.289 e. The number of carbonyl (C=O) groups is 1. The van der Waals surface area contributed by atoms with Crippen LogP contribution in [-0.4, -0.2) is 93.2 Å². The molecule has 2 saturated heterocycles. The van der Waals surface area contributed by atoms with Crippen LogP contribution in [0.4, 0.5) is 0 Å². The van der Waals surface area contributed by atoms with Gasteiger partial charge in [-0.25, -0.2) is 0 Å². The molecule has 0 unspecified atom stereocenters. The van der Waals surface area contributed by atoms with Crippen LogP contribution in [0, 0.1) is 0 Å². The van der Waals surface area contributed by atoms with E-state index in [4.69, 9.17) is 0 Å². The van der Waals surface area contributed by atoms with Crippen molar-refractivity contribution in [3.05, 3.63) is 41.7 Å². The topological polar surface area (TPSA) is 82.4 Å². The second kappa shape index (κ2) is 9.25. The van der Waals surface area contributed by atoms with Crippen molar-refractivity contribution in [2.45, 2.75) is 44.3 Å². The zero-order valence-corrected chi connectivity index (χ0v) is 19.0. The van der Waals surface area contributed by atoms with Gasteiger partial charge in [0.1, 0.15) is 0 Å². The van der Waals surface area contributed by atoms with Crippen molar-refractivity contribution in [3.63, 3.8) is 0 Å². The molecule has 1 spiro atoms. The van der Waals surface area contributed by atoms with Gasteiger partial charge in [0.05, 0.1) is 5.54 Å². The summed E-state index contributed by atoms with van der Waals surface area (Å²) in [6.07, 6.45) is 8.26. The number of likely N-dealkylation sites (tertiary alicyclic amines) is 2. The van der Waals surface area contributed by atoms with E-state index in [1.807, 2.05) is 18.5 Å². The zero-order chi connectivity index (χ0) is 22.0. The number of aromatic nitrogens is 4. The van der Waals surface area contributed by atoms with Crippen molar-refractivity contribution in [1.82, 2.24) is 39.8 Å². The summed E-state index contributed by atoms with van der Waals surface area (Å²) in [7, 11) is 2.19. The quantitative estimate of drug-likeness (QED) is 0.719. The number of hydrogen-bond acceptors (Lipinski definition) is 7. The predicted octanol–water partition coefficient (Wildman–Crippen LogP) is 0.935. The number of fused-ring (bicyclic) bond motifs is 2. The number of piperidine rings is 1. The van der Waals surface area contributed by atoms with Gasteiger partial charge in [-0.2, -0.15) is 0 Å². The van der Waals surface area contributed by atoms with Crippen LogP contribution < -0.4 is 5.32 Å². The largest absolute Gasteiger partial charge is 0.348 e. The molecule has 3 aliphatic heterocycles. The number of hydrogen-bond donors (Lipinski definition) is 1. The maximum absolute atomic E-state index is 12.9. The van der Waals surface area contributed by atoms with Crippen molar-refractivity contribution in [1.29, 1.82) is 0 Å². The van der Waals surface area contributed by atoms with E-state index >= 15 is 0 Å². The first-order valence-electron chi connectivity index (χ1n) is 11.9. The molecule has 0 saturated carbocycles. The maximum atomic E-state index is 12.9. The van der Waals surface area contributed by atoms with Crippen molar-refractivity contribution in [3.8, 4) is 0 Å². The summed E-state index contributed by atoms with van der Waals surface area (Å²) in [6.45, 7) is 8.42. The molecule has 1 amide bonds. The Morgan fingerprint density at radius 2 is 1.88 bits per heavy atom. The van der Waals surface area contributed by atoms with Crippen LogP contribution in [0.2, 0.25) is 0 Å². The minimum atomic E-state index is -0.148. The van der Waals surface area contributed by atoms with E-state index in [0.717, 1.165) is 71.0 Å². The molecule has 2 fully saturated rings. The molecule has 0 radical (unpaired) electrons. The van der Waals surface area contributed by atoms with Crippen LogP contribution in [-0.2, 0) is 18.6 Å². The normalized spacial score (nSPS) is 21.7. The van der Waals surface area contributed by atoms with Crippen LogP contribution >= 0.6 is 0 Å². The Kier molecular flexibility index (Phi) is 6.21. The number of likely N-dealkylation sites (N-methyl/N-ethyl adjacent to an activating group) is 1. The van der Waals surface area contributed by atoms with E-state index < -0.39 is 0 Å². The first-order valence-corrected chi connectivity index (χ1v) is 11.9. The number of pyridine rings is 1. The SMILES string of the molecule is CN1CCn2c(C(=O)NCCN3CCCC3)nnc2C12CCN(Cc1cccnc1)CC2. The van der Waals surface area contributed by atoms with E-state index in [2.05, 4.69) is 52.9 Å². The highest BCUT2D eigenvalue weighted by Crippen LogP contribution is 2.40. The third-order valence-corrected chi connectivity index (χ3v) is 7.48. The van der Waals surface area contributed by atoms with Gasteiger partial charge in [0.25, 0.3) is 5.91 Å². The second-order valence-electron chi connectivity index (χ2n) is 9.39. The Balaban J connectivity index is 1.25. The molecule has 1 N–H and O–H groups in total. The highest BCUT2D eigenvalue weighted by molar-refractivity contribution is 5.90. The highest BCUT2D eigenvalue weighted by Gasteiger charge is 2.46. The third kappa shape index (κ3) is 4.16. The van der Waals surface area contributed by atoms with Crippen molar-refractivity contribution in [2.24, 2.45) is 0 Å². The van der Waals surface area contributed by atoms with Crippen molar-refractivity contribution in [2.75, 3.05) is 52.9 Å². The lowest BCUT2D eigenvalue weighted by Gasteiger charge is -2.49. The number of nitrogens with zero attached hydrogens (tertiary/aromatic N) is 7. The average Bonchev–Trinajstić information content (AvgIpc) is 3.49. The Labute approximate surface area is 189 Å². The standard InChI is InChI=1S/C23H34N8O/c1-28-15-16-31-20(21(32)25-9-14-29-10-2-3-11-29)26-27-22(31)23(28)6-12-30(13-7-23)18-19-5-4-8-24-17-19/h4-5,8,17H,2-3,6-7,9-16,18H2,1H3,(H,25,32). The molecule has 9 nitrogen and oxygen atoms in total. The Hall–Kier alpha value is -2.36. The van der Waals surface area contributed by atoms with Crippen LogP contribution in [0.15, 0.2) is 24.5 Å². The summed E-state index contributed by atoms with van der Waals surface area (Å²) in [6, 6.07) is 4.13. The molecule has 9 heteroatoms. The molecular formula is C23H34N8O. The maximum Gasteiger partial charge on any atom is 0.289 e. The van der Waals surface area contributed by atoms with Crippen LogP contribution in [0.1, 0.15) is 47.7 Å². The van der Waals surface area contributed by atoms with Crippen LogP contribution in [0.5, 0.6) is 0 Å². The molecule has 172 valence electrons. The molecule has 2 aromatic heterocycles. The lowest BCUT2D eigenvalue weighted by Crippen LogP contribution is -2.56. The summed E-state index contributed by atoms with van der Waals surface area (Å²) in [4.78, 5) is 24.4. The fraction of sp³-hybridized carbons (Fsp3) is 0.652. The fourth-order valence-corrected chi connectivity index (χ4v) is 5.51. The summed E-state index contributed by atoms with van der Waals surface area (Å²) in [5.74, 6) is 1.32. The van der Waals surface area contributed by atoms with E-state index in [1.54, 1.807) is 0 Å². The predicted molar refractivity (Wildman–Crippen MR) is 121 cm³/mol. The van der Waals surface area contributed by atoms with Gasteiger partial charge < -0.3 is 14.8 Å². The number of rotatable bonds is 6.